The molecule has 0 fully saturated rings. The van der Waals surface area contributed by atoms with Crippen molar-refractivity contribution in [1.82, 2.24) is 0 Å². The Bertz CT molecular complexity index is 514. The van der Waals surface area contributed by atoms with E-state index in [9.17, 15) is 0 Å². The molecule has 0 saturated heterocycles. The van der Waals surface area contributed by atoms with Gasteiger partial charge in [-0.25, -0.2) is 0 Å². The van der Waals surface area contributed by atoms with Crippen molar-refractivity contribution in [3.63, 3.8) is 0 Å². The Labute approximate surface area is 100 Å². The minimum absolute atomic E-state index is 0.482. The van der Waals surface area contributed by atoms with Gasteiger partial charge in [-0.2, -0.15) is 0 Å². The van der Waals surface area contributed by atoms with Gasteiger partial charge in [0, 0.05) is 10.6 Å². The molecule has 0 amide bonds. The zero-order chi connectivity index (χ0) is 11.1. The lowest BCUT2D eigenvalue weighted by molar-refractivity contribution is 0.843. The van der Waals surface area contributed by atoms with Crippen LogP contribution in [0.5, 0.6) is 0 Å². The number of aryl methyl sites for hydroxylation is 1. The van der Waals surface area contributed by atoms with Gasteiger partial charge >= 0.3 is 0 Å². The van der Waals surface area contributed by atoms with Crippen molar-refractivity contribution in [1.29, 1.82) is 0 Å². The summed E-state index contributed by atoms with van der Waals surface area (Å²) < 4.78 is 0. The normalized spacial score (nSPS) is 18.2. The van der Waals surface area contributed by atoms with Crippen molar-refractivity contribution < 1.29 is 0 Å². The van der Waals surface area contributed by atoms with Crippen LogP contribution in [0.1, 0.15) is 27.6 Å². The predicted molar refractivity (Wildman–Crippen MR) is 70.3 cm³/mol. The van der Waals surface area contributed by atoms with Crippen molar-refractivity contribution in [3.8, 4) is 0 Å². The van der Waals surface area contributed by atoms with Gasteiger partial charge in [-0.15, -0.1) is 11.3 Å². The molecule has 0 bridgehead atoms. The summed E-state index contributed by atoms with van der Waals surface area (Å²) in [5.74, 6) is 0. The van der Waals surface area contributed by atoms with Crippen LogP contribution in [0.25, 0.3) is 0 Å². The van der Waals surface area contributed by atoms with Gasteiger partial charge in [0.05, 0.1) is 6.04 Å². The molecule has 1 atom stereocenters. The Kier molecular flexibility index (Phi) is 2.25. The van der Waals surface area contributed by atoms with Gasteiger partial charge in [-0.05, 0) is 48.4 Å². The van der Waals surface area contributed by atoms with Crippen LogP contribution in [0.3, 0.4) is 0 Å². The fourth-order valence-electron chi connectivity index (χ4n) is 2.35. The number of rotatable bonds is 1. The highest BCUT2D eigenvalue weighted by molar-refractivity contribution is 7.10. The van der Waals surface area contributed by atoms with Crippen LogP contribution in [0, 0.1) is 13.8 Å². The third-order valence-corrected chi connectivity index (χ3v) is 4.44. The summed E-state index contributed by atoms with van der Waals surface area (Å²) in [4.78, 5) is 1.44. The maximum absolute atomic E-state index is 3.66. The summed E-state index contributed by atoms with van der Waals surface area (Å²) in [7, 11) is 0. The topological polar surface area (TPSA) is 12.0 Å². The summed E-state index contributed by atoms with van der Waals surface area (Å²) in [6.45, 7) is 4.38. The van der Waals surface area contributed by atoms with Crippen molar-refractivity contribution >= 4 is 17.0 Å². The highest BCUT2D eigenvalue weighted by Gasteiger charge is 2.24. The predicted octanol–water partition coefficient (Wildman–Crippen LogP) is 4.07. The van der Waals surface area contributed by atoms with Crippen LogP contribution >= 0.6 is 11.3 Å². The fourth-order valence-corrected chi connectivity index (χ4v) is 3.13. The number of thiophene rings is 1. The quantitative estimate of drug-likeness (QED) is 0.777. The van der Waals surface area contributed by atoms with Gasteiger partial charge < -0.3 is 5.32 Å². The van der Waals surface area contributed by atoms with Crippen molar-refractivity contribution in [2.24, 2.45) is 0 Å². The van der Waals surface area contributed by atoms with E-state index in [0.29, 0.717) is 6.04 Å². The maximum Gasteiger partial charge on any atom is 0.0647 e. The lowest BCUT2D eigenvalue weighted by Gasteiger charge is -2.10. The van der Waals surface area contributed by atoms with E-state index in [1.807, 2.05) is 11.3 Å². The van der Waals surface area contributed by atoms with Crippen molar-refractivity contribution in [2.75, 3.05) is 5.32 Å². The van der Waals surface area contributed by atoms with Crippen molar-refractivity contribution in [3.05, 3.63) is 51.2 Å². The molecule has 0 spiro atoms. The minimum atomic E-state index is 0.482. The molecule has 3 rings (SSSR count). The molecule has 2 heterocycles. The Morgan fingerprint density at radius 3 is 2.88 bits per heavy atom. The largest absolute Gasteiger partial charge is 0.377 e. The van der Waals surface area contributed by atoms with E-state index in [1.54, 1.807) is 0 Å². The standard InChI is InChI=1S/C14H15NS/c1-9-5-6-11-8-12(13-4-3-7-16-13)15-14(11)10(9)2/h3-7,12,15H,8H2,1-2H3. The molecule has 82 valence electrons. The first-order chi connectivity index (χ1) is 7.75. The summed E-state index contributed by atoms with van der Waals surface area (Å²) in [5, 5.41) is 5.81. The molecule has 0 radical (unpaired) electrons. The summed E-state index contributed by atoms with van der Waals surface area (Å²) in [6, 6.07) is 9.32. The fraction of sp³-hybridized carbons (Fsp3) is 0.286. The van der Waals surface area contributed by atoms with E-state index < -0.39 is 0 Å². The van der Waals surface area contributed by atoms with Crippen LogP contribution < -0.4 is 5.32 Å². The summed E-state index contributed by atoms with van der Waals surface area (Å²) >= 11 is 1.84. The molecule has 16 heavy (non-hydrogen) atoms. The third-order valence-electron chi connectivity index (χ3n) is 3.45. The molecule has 1 aromatic heterocycles. The minimum Gasteiger partial charge on any atom is -0.377 e. The van der Waals surface area contributed by atoms with Gasteiger partial charge in [0.2, 0.25) is 0 Å². The molecular formula is C14H15NS. The molecule has 1 nitrogen and oxygen atoms in total. The van der Waals surface area contributed by atoms with Crippen LogP contribution in [-0.2, 0) is 6.42 Å². The molecule has 2 heteroatoms. The van der Waals surface area contributed by atoms with Crippen LogP contribution in [0.4, 0.5) is 5.69 Å². The molecule has 1 aliphatic heterocycles. The SMILES string of the molecule is Cc1ccc2c(c1C)NC(c1cccs1)C2. The first kappa shape index (κ1) is 9.91. The Morgan fingerprint density at radius 1 is 1.25 bits per heavy atom. The molecule has 1 N–H and O–H groups in total. The first-order valence-corrected chi connectivity index (χ1v) is 6.52. The van der Waals surface area contributed by atoms with E-state index in [-0.39, 0.29) is 0 Å². The Hall–Kier alpha value is -1.28. The van der Waals surface area contributed by atoms with Gasteiger partial charge in [0.15, 0.2) is 0 Å². The lowest BCUT2D eigenvalue weighted by Crippen LogP contribution is -2.03. The van der Waals surface area contributed by atoms with E-state index in [4.69, 9.17) is 0 Å². The molecule has 1 unspecified atom stereocenters. The van der Waals surface area contributed by atoms with Gasteiger partial charge in [0.1, 0.15) is 0 Å². The number of nitrogens with one attached hydrogen (secondary N) is 1. The van der Waals surface area contributed by atoms with E-state index in [0.717, 1.165) is 6.42 Å². The third kappa shape index (κ3) is 1.45. The second-order valence-electron chi connectivity index (χ2n) is 4.46. The molecule has 0 aliphatic carbocycles. The Balaban J connectivity index is 1.98. The number of hydrogen-bond acceptors (Lipinski definition) is 2. The number of fused-ring (bicyclic) bond motifs is 1. The molecule has 1 aromatic carbocycles. The summed E-state index contributed by atoms with van der Waals surface area (Å²) in [6.07, 6.45) is 1.12. The van der Waals surface area contributed by atoms with Crippen LogP contribution in [0.15, 0.2) is 29.6 Å². The highest BCUT2D eigenvalue weighted by Crippen LogP contribution is 2.38. The van der Waals surface area contributed by atoms with Crippen molar-refractivity contribution in [2.45, 2.75) is 26.3 Å². The average molecular weight is 229 g/mol. The second kappa shape index (κ2) is 3.63. The lowest BCUT2D eigenvalue weighted by atomic mass is 10.0. The first-order valence-electron chi connectivity index (χ1n) is 5.65. The Morgan fingerprint density at radius 2 is 2.12 bits per heavy atom. The monoisotopic (exact) mass is 229 g/mol. The van der Waals surface area contributed by atoms with Gasteiger partial charge in [-0.1, -0.05) is 18.2 Å². The smallest absolute Gasteiger partial charge is 0.0647 e. The van der Waals surface area contributed by atoms with E-state index >= 15 is 0 Å². The summed E-state index contributed by atoms with van der Waals surface area (Å²) in [5.41, 5.74) is 5.59. The average Bonchev–Trinajstić information content (AvgIpc) is 2.91. The van der Waals surface area contributed by atoms with E-state index in [1.165, 1.54) is 27.3 Å². The highest BCUT2D eigenvalue weighted by atomic mass is 32.1. The second-order valence-corrected chi connectivity index (χ2v) is 5.44. The van der Waals surface area contributed by atoms with E-state index in [2.05, 4.69) is 48.8 Å². The zero-order valence-electron chi connectivity index (χ0n) is 9.58. The molecule has 2 aromatic rings. The molecule has 0 saturated carbocycles. The zero-order valence-corrected chi connectivity index (χ0v) is 10.4. The van der Waals surface area contributed by atoms with Crippen LogP contribution in [0.2, 0.25) is 0 Å². The van der Waals surface area contributed by atoms with Gasteiger partial charge in [0.25, 0.3) is 0 Å². The van der Waals surface area contributed by atoms with Gasteiger partial charge in [-0.3, -0.25) is 0 Å². The number of benzene rings is 1. The number of hydrogen-bond donors (Lipinski definition) is 1. The number of anilines is 1. The molecule has 1 aliphatic rings. The van der Waals surface area contributed by atoms with Crippen LogP contribution in [-0.4, -0.2) is 0 Å². The molecular weight excluding hydrogens is 214 g/mol. The maximum atomic E-state index is 3.66.